The monoisotopic (exact) mass is 193 g/mol. The smallest absolute Gasteiger partial charge is 0.130 e. The third kappa shape index (κ3) is 1.67. The summed E-state index contributed by atoms with van der Waals surface area (Å²) in [7, 11) is 1.91. The molecule has 0 amide bonds. The van der Waals surface area contributed by atoms with Gasteiger partial charge in [0.25, 0.3) is 0 Å². The van der Waals surface area contributed by atoms with Crippen molar-refractivity contribution in [2.75, 3.05) is 7.05 Å². The Kier molecular flexibility index (Phi) is 2.55. The van der Waals surface area contributed by atoms with Crippen LogP contribution in [0.2, 0.25) is 0 Å². The van der Waals surface area contributed by atoms with Crippen molar-refractivity contribution in [3.63, 3.8) is 0 Å². The molecular weight excluding hydrogens is 177 g/mol. The highest BCUT2D eigenvalue weighted by molar-refractivity contribution is 5.28. The van der Waals surface area contributed by atoms with E-state index in [0.29, 0.717) is 5.92 Å². The van der Waals surface area contributed by atoms with Gasteiger partial charge in [0.15, 0.2) is 0 Å². The molecule has 0 spiro atoms. The topological polar surface area (TPSA) is 12.0 Å². The highest BCUT2D eigenvalue weighted by atomic mass is 19.1. The third-order valence-electron chi connectivity index (χ3n) is 2.96. The van der Waals surface area contributed by atoms with Crippen LogP contribution in [0.15, 0.2) is 18.2 Å². The Morgan fingerprint density at radius 1 is 1.43 bits per heavy atom. The minimum absolute atomic E-state index is 0.0428. The van der Waals surface area contributed by atoms with Gasteiger partial charge in [-0.3, -0.25) is 0 Å². The van der Waals surface area contributed by atoms with Gasteiger partial charge in [-0.25, -0.2) is 4.39 Å². The number of benzene rings is 1. The van der Waals surface area contributed by atoms with E-state index < -0.39 is 0 Å². The van der Waals surface area contributed by atoms with E-state index >= 15 is 0 Å². The summed E-state index contributed by atoms with van der Waals surface area (Å²) in [5, 5.41) is 3.21. The van der Waals surface area contributed by atoms with E-state index in [9.17, 15) is 4.39 Å². The molecule has 0 aliphatic heterocycles. The van der Waals surface area contributed by atoms with Gasteiger partial charge in [0.2, 0.25) is 0 Å². The first-order valence-corrected chi connectivity index (χ1v) is 5.16. The molecule has 1 nitrogen and oxygen atoms in total. The first-order valence-electron chi connectivity index (χ1n) is 5.16. The molecular formula is C12H16FN. The van der Waals surface area contributed by atoms with E-state index in [2.05, 4.69) is 5.32 Å². The van der Waals surface area contributed by atoms with E-state index in [1.54, 1.807) is 0 Å². The predicted octanol–water partition coefficient (Wildman–Crippen LogP) is 2.80. The predicted molar refractivity (Wildman–Crippen MR) is 55.7 cm³/mol. The van der Waals surface area contributed by atoms with Crippen molar-refractivity contribution in [3.05, 3.63) is 35.1 Å². The molecule has 0 saturated heterocycles. The number of aryl methyl sites for hydroxylation is 1. The Morgan fingerprint density at radius 3 is 2.71 bits per heavy atom. The summed E-state index contributed by atoms with van der Waals surface area (Å²) in [5.74, 6) is 0.593. The van der Waals surface area contributed by atoms with Crippen molar-refractivity contribution in [2.24, 2.45) is 5.92 Å². The molecule has 0 aromatic heterocycles. The molecule has 2 heteroatoms. The highest BCUT2D eigenvalue weighted by Gasteiger charge is 2.32. The lowest BCUT2D eigenvalue weighted by Crippen LogP contribution is -2.19. The Bertz CT molecular complexity index is 331. The lowest BCUT2D eigenvalue weighted by atomic mass is 10.00. The molecule has 2 rings (SSSR count). The maximum Gasteiger partial charge on any atom is 0.130 e. The summed E-state index contributed by atoms with van der Waals surface area (Å²) >= 11 is 0. The van der Waals surface area contributed by atoms with Gasteiger partial charge in [-0.1, -0.05) is 18.2 Å². The van der Waals surface area contributed by atoms with Crippen molar-refractivity contribution < 1.29 is 4.39 Å². The molecule has 1 aliphatic rings. The Labute approximate surface area is 84.3 Å². The van der Waals surface area contributed by atoms with E-state index in [0.717, 1.165) is 11.1 Å². The molecule has 0 bridgehead atoms. The summed E-state index contributed by atoms with van der Waals surface area (Å²) in [6.45, 7) is 1.82. The molecule has 0 radical (unpaired) electrons. The van der Waals surface area contributed by atoms with E-state index in [1.165, 1.54) is 12.8 Å². The lowest BCUT2D eigenvalue weighted by Gasteiger charge is -2.17. The number of nitrogens with one attached hydrogen (secondary N) is 1. The Hall–Kier alpha value is -0.890. The van der Waals surface area contributed by atoms with Crippen LogP contribution in [0.1, 0.15) is 30.0 Å². The van der Waals surface area contributed by atoms with E-state index in [-0.39, 0.29) is 11.9 Å². The van der Waals surface area contributed by atoms with E-state index in [4.69, 9.17) is 0 Å². The molecule has 1 aromatic carbocycles. The van der Waals surface area contributed by atoms with Crippen LogP contribution in [-0.4, -0.2) is 7.05 Å². The average molecular weight is 193 g/mol. The van der Waals surface area contributed by atoms with Crippen molar-refractivity contribution in [1.82, 2.24) is 5.32 Å². The quantitative estimate of drug-likeness (QED) is 0.778. The van der Waals surface area contributed by atoms with Gasteiger partial charge in [-0.2, -0.15) is 0 Å². The first-order chi connectivity index (χ1) is 6.74. The summed E-state index contributed by atoms with van der Waals surface area (Å²) < 4.78 is 13.8. The van der Waals surface area contributed by atoms with Crippen LogP contribution in [0.25, 0.3) is 0 Å². The number of hydrogen-bond donors (Lipinski definition) is 1. The second-order valence-corrected chi connectivity index (χ2v) is 4.08. The maximum absolute atomic E-state index is 13.8. The van der Waals surface area contributed by atoms with Crippen LogP contribution in [0, 0.1) is 18.7 Å². The lowest BCUT2D eigenvalue weighted by molar-refractivity contribution is 0.490. The molecule has 1 fully saturated rings. The number of hydrogen-bond acceptors (Lipinski definition) is 1. The zero-order valence-corrected chi connectivity index (χ0v) is 8.68. The van der Waals surface area contributed by atoms with Crippen LogP contribution >= 0.6 is 0 Å². The van der Waals surface area contributed by atoms with Crippen LogP contribution in [0.5, 0.6) is 0 Å². The summed E-state index contributed by atoms with van der Waals surface area (Å²) in [5.41, 5.74) is 1.57. The van der Waals surface area contributed by atoms with Gasteiger partial charge in [-0.15, -0.1) is 0 Å². The SMILES string of the molecule is CNC(c1cccc(C)c1F)C1CC1. The van der Waals surface area contributed by atoms with Gasteiger partial charge in [0.1, 0.15) is 5.82 Å². The van der Waals surface area contributed by atoms with Gasteiger partial charge in [0, 0.05) is 11.6 Å². The third-order valence-corrected chi connectivity index (χ3v) is 2.96. The molecule has 1 atom stereocenters. The molecule has 1 aromatic rings. The molecule has 0 heterocycles. The molecule has 1 unspecified atom stereocenters. The van der Waals surface area contributed by atoms with Crippen molar-refractivity contribution in [1.29, 1.82) is 0 Å². The minimum atomic E-state index is -0.0428. The van der Waals surface area contributed by atoms with Crippen LogP contribution in [-0.2, 0) is 0 Å². The molecule has 1 aliphatic carbocycles. The summed E-state index contributed by atoms with van der Waals surface area (Å²) in [6.07, 6.45) is 2.44. The van der Waals surface area contributed by atoms with Crippen molar-refractivity contribution >= 4 is 0 Å². The van der Waals surface area contributed by atoms with Gasteiger partial charge >= 0.3 is 0 Å². The Balaban J connectivity index is 2.33. The molecule has 1 saturated carbocycles. The van der Waals surface area contributed by atoms with Crippen molar-refractivity contribution in [2.45, 2.75) is 25.8 Å². The molecule has 14 heavy (non-hydrogen) atoms. The summed E-state index contributed by atoms with van der Waals surface area (Å²) in [6, 6.07) is 5.84. The van der Waals surface area contributed by atoms with Gasteiger partial charge < -0.3 is 5.32 Å². The minimum Gasteiger partial charge on any atom is -0.313 e. The zero-order valence-electron chi connectivity index (χ0n) is 8.68. The van der Waals surface area contributed by atoms with E-state index in [1.807, 2.05) is 32.2 Å². The number of halogens is 1. The van der Waals surface area contributed by atoms with Crippen molar-refractivity contribution in [3.8, 4) is 0 Å². The second kappa shape index (κ2) is 3.70. The fourth-order valence-corrected chi connectivity index (χ4v) is 1.99. The van der Waals surface area contributed by atoms with Crippen LogP contribution < -0.4 is 5.32 Å². The largest absolute Gasteiger partial charge is 0.313 e. The standard InChI is InChI=1S/C12H16FN/c1-8-4-3-5-10(11(8)13)12(14-2)9-6-7-9/h3-5,9,12,14H,6-7H2,1-2H3. The fraction of sp³-hybridized carbons (Fsp3) is 0.500. The normalized spacial score (nSPS) is 18.2. The average Bonchev–Trinajstić information content (AvgIpc) is 2.97. The Morgan fingerprint density at radius 2 is 2.14 bits per heavy atom. The van der Waals surface area contributed by atoms with Gasteiger partial charge in [-0.05, 0) is 38.3 Å². The van der Waals surface area contributed by atoms with Crippen LogP contribution in [0.4, 0.5) is 4.39 Å². The first kappa shape index (κ1) is 9.66. The second-order valence-electron chi connectivity index (χ2n) is 4.08. The summed E-state index contributed by atoms with van der Waals surface area (Å²) in [4.78, 5) is 0. The molecule has 76 valence electrons. The maximum atomic E-state index is 13.8. The fourth-order valence-electron chi connectivity index (χ4n) is 1.99. The number of rotatable bonds is 3. The molecule has 1 N–H and O–H groups in total. The highest BCUT2D eigenvalue weighted by Crippen LogP contribution is 2.41. The van der Waals surface area contributed by atoms with Crippen LogP contribution in [0.3, 0.4) is 0 Å². The zero-order chi connectivity index (χ0) is 10.1. The van der Waals surface area contributed by atoms with Gasteiger partial charge in [0.05, 0.1) is 0 Å².